The van der Waals surface area contributed by atoms with E-state index in [4.69, 9.17) is 0 Å². The molecule has 0 heterocycles. The minimum atomic E-state index is -0.787. The van der Waals surface area contributed by atoms with Crippen LogP contribution in [0.2, 0.25) is 0 Å². The summed E-state index contributed by atoms with van der Waals surface area (Å²) in [6, 6.07) is 0. The van der Waals surface area contributed by atoms with E-state index in [9.17, 15) is 14.7 Å². The molecule has 0 aliphatic heterocycles. The van der Waals surface area contributed by atoms with Crippen molar-refractivity contribution in [2.24, 2.45) is 46.3 Å². The molecule has 0 bridgehead atoms. The molecule has 186 valence electrons. The Kier molecular flexibility index (Phi) is 7.19. The Balaban J connectivity index is 1.53. The lowest BCUT2D eigenvalue weighted by Crippen LogP contribution is -2.51. The van der Waals surface area contributed by atoms with Crippen molar-refractivity contribution in [1.82, 2.24) is 0 Å². The van der Waals surface area contributed by atoms with Gasteiger partial charge in [0.15, 0.2) is 5.78 Å². The number of aliphatic carboxylic acids is 1. The summed E-state index contributed by atoms with van der Waals surface area (Å²) in [5.41, 5.74) is 2.88. The van der Waals surface area contributed by atoms with E-state index < -0.39 is 5.97 Å². The van der Waals surface area contributed by atoms with E-state index in [1.54, 1.807) is 0 Å². The molecular weight excluding hydrogens is 408 g/mol. The third-order valence-corrected chi connectivity index (χ3v) is 11.0. The molecule has 0 amide bonds. The predicted molar refractivity (Wildman–Crippen MR) is 134 cm³/mol. The summed E-state index contributed by atoms with van der Waals surface area (Å²) in [4.78, 5) is 24.0. The van der Waals surface area contributed by atoms with Crippen molar-refractivity contribution < 1.29 is 14.7 Å². The number of hydrogen-bond donors (Lipinski definition) is 1. The van der Waals surface area contributed by atoms with Crippen LogP contribution in [0, 0.1) is 46.3 Å². The van der Waals surface area contributed by atoms with Gasteiger partial charge in [0.1, 0.15) is 0 Å². The molecule has 0 spiro atoms. The van der Waals surface area contributed by atoms with E-state index in [0.29, 0.717) is 24.2 Å². The van der Waals surface area contributed by atoms with Crippen LogP contribution < -0.4 is 0 Å². The monoisotopic (exact) mass is 456 g/mol. The Labute approximate surface area is 202 Å². The minimum Gasteiger partial charge on any atom is -0.481 e. The van der Waals surface area contributed by atoms with Gasteiger partial charge in [-0.05, 0) is 103 Å². The summed E-state index contributed by atoms with van der Waals surface area (Å²) in [5, 5.41) is 9.23. The molecule has 0 unspecified atom stereocenters. The van der Waals surface area contributed by atoms with Gasteiger partial charge in [0.2, 0.25) is 0 Å². The maximum atomic E-state index is 12.8. The fraction of sp³-hybridized carbons (Fsp3) is 0.867. The normalized spacial score (nSPS) is 39.3. The first-order valence-corrected chi connectivity index (χ1v) is 14.1. The molecule has 3 saturated carbocycles. The lowest BCUT2D eigenvalue weighted by atomic mass is 9.46. The number of Topliss-reactive ketones (excluding diaryl/α,β-unsaturated/α-hetero) is 1. The molecule has 33 heavy (non-hydrogen) atoms. The van der Waals surface area contributed by atoms with E-state index in [2.05, 4.69) is 34.6 Å². The van der Waals surface area contributed by atoms with Crippen molar-refractivity contribution in [2.45, 2.75) is 118 Å². The number of ketones is 1. The number of rotatable bonds is 8. The van der Waals surface area contributed by atoms with Crippen LogP contribution in [0.25, 0.3) is 0 Å². The zero-order valence-electron chi connectivity index (χ0n) is 21.9. The number of carbonyl (C=O) groups is 2. The van der Waals surface area contributed by atoms with Crippen molar-refractivity contribution in [2.75, 3.05) is 0 Å². The summed E-state index contributed by atoms with van der Waals surface area (Å²) in [7, 11) is 0. The van der Waals surface area contributed by atoms with Gasteiger partial charge in [0, 0.05) is 12.8 Å². The molecule has 1 N–H and O–H groups in total. The Bertz CT molecular complexity index is 794. The van der Waals surface area contributed by atoms with Gasteiger partial charge >= 0.3 is 5.97 Å². The molecule has 4 aliphatic rings. The highest BCUT2D eigenvalue weighted by molar-refractivity contribution is 5.97. The predicted octanol–water partition coefficient (Wildman–Crippen LogP) is 7.83. The molecule has 3 heteroatoms. The van der Waals surface area contributed by atoms with Crippen LogP contribution in [0.15, 0.2) is 11.1 Å². The van der Waals surface area contributed by atoms with E-state index in [1.165, 1.54) is 56.9 Å². The summed E-state index contributed by atoms with van der Waals surface area (Å²) in [6.07, 6.45) is 14.0. The SMILES string of the molecule is CC(C)CCC[C@H](C)[C@@H]1CC[C@@H]2[C@H]3CCC4=C(CCC(=O)O)C(=O)CC[C@]4(C)[C@@H]3CC[C@]21C. The highest BCUT2D eigenvalue weighted by Crippen LogP contribution is 2.68. The molecule has 4 rings (SSSR count). The van der Waals surface area contributed by atoms with Gasteiger partial charge < -0.3 is 5.11 Å². The number of carbonyl (C=O) groups excluding carboxylic acids is 1. The number of fused-ring (bicyclic) bond motifs is 5. The molecule has 3 nitrogen and oxygen atoms in total. The number of allylic oxidation sites excluding steroid dienone is 1. The second kappa shape index (κ2) is 9.50. The van der Waals surface area contributed by atoms with Crippen LogP contribution in [0.5, 0.6) is 0 Å². The maximum Gasteiger partial charge on any atom is 0.303 e. The molecule has 0 saturated heterocycles. The first-order valence-electron chi connectivity index (χ1n) is 14.1. The van der Waals surface area contributed by atoms with Crippen molar-refractivity contribution in [3.63, 3.8) is 0 Å². The first kappa shape index (κ1) is 25.0. The minimum absolute atomic E-state index is 0.0891. The molecule has 3 fully saturated rings. The standard InChI is InChI=1S/C30H48O3/c1-19(2)7-6-8-20(3)23-12-13-24-21-9-11-25-22(10-14-28(32)33)27(31)16-18-30(25,5)26(21)15-17-29(23,24)4/h19-21,23-24,26H,6-18H2,1-5H3,(H,32,33)/t20-,21+,23-,24+,26+,29-,30-/m0/s1. The van der Waals surface area contributed by atoms with Crippen LogP contribution >= 0.6 is 0 Å². The molecule has 0 radical (unpaired) electrons. The summed E-state index contributed by atoms with van der Waals surface area (Å²) >= 11 is 0. The Morgan fingerprint density at radius 2 is 1.76 bits per heavy atom. The molecule has 4 aliphatic carbocycles. The zero-order valence-corrected chi connectivity index (χ0v) is 21.9. The fourth-order valence-electron chi connectivity index (χ4n) is 9.37. The Hall–Kier alpha value is -1.12. The second-order valence-corrected chi connectivity index (χ2v) is 13.1. The van der Waals surface area contributed by atoms with Gasteiger partial charge in [-0.3, -0.25) is 9.59 Å². The van der Waals surface area contributed by atoms with Gasteiger partial charge in [-0.2, -0.15) is 0 Å². The fourth-order valence-corrected chi connectivity index (χ4v) is 9.37. The third kappa shape index (κ3) is 4.47. The van der Waals surface area contributed by atoms with Crippen LogP contribution in [0.3, 0.4) is 0 Å². The summed E-state index contributed by atoms with van der Waals surface area (Å²) in [6.45, 7) is 12.3. The summed E-state index contributed by atoms with van der Waals surface area (Å²) < 4.78 is 0. The first-order chi connectivity index (χ1) is 15.6. The van der Waals surface area contributed by atoms with Gasteiger partial charge in [0.05, 0.1) is 0 Å². The van der Waals surface area contributed by atoms with Crippen LogP contribution in [0.4, 0.5) is 0 Å². The molecule has 0 aromatic rings. The zero-order chi connectivity index (χ0) is 24.0. The lowest BCUT2D eigenvalue weighted by molar-refractivity contribution is -0.137. The van der Waals surface area contributed by atoms with Gasteiger partial charge in [0.25, 0.3) is 0 Å². The number of hydrogen-bond acceptors (Lipinski definition) is 2. The Morgan fingerprint density at radius 1 is 1.00 bits per heavy atom. The van der Waals surface area contributed by atoms with Crippen LogP contribution in [-0.4, -0.2) is 16.9 Å². The average molecular weight is 457 g/mol. The second-order valence-electron chi connectivity index (χ2n) is 13.1. The van der Waals surface area contributed by atoms with Gasteiger partial charge in [-0.25, -0.2) is 0 Å². The van der Waals surface area contributed by atoms with Crippen LogP contribution in [-0.2, 0) is 9.59 Å². The van der Waals surface area contributed by atoms with Crippen molar-refractivity contribution in [3.05, 3.63) is 11.1 Å². The highest BCUT2D eigenvalue weighted by atomic mass is 16.4. The third-order valence-electron chi connectivity index (χ3n) is 11.0. The topological polar surface area (TPSA) is 54.4 Å². The highest BCUT2D eigenvalue weighted by Gasteiger charge is 2.59. The van der Waals surface area contributed by atoms with E-state index >= 15 is 0 Å². The molecule has 0 aromatic carbocycles. The quantitative estimate of drug-likeness (QED) is 0.405. The van der Waals surface area contributed by atoms with E-state index in [1.807, 2.05) is 0 Å². The maximum absolute atomic E-state index is 12.8. The smallest absolute Gasteiger partial charge is 0.303 e. The van der Waals surface area contributed by atoms with Gasteiger partial charge in [-0.1, -0.05) is 59.5 Å². The van der Waals surface area contributed by atoms with E-state index in [0.717, 1.165) is 48.0 Å². The van der Waals surface area contributed by atoms with E-state index in [-0.39, 0.29) is 17.6 Å². The molecule has 7 atom stereocenters. The summed E-state index contributed by atoms with van der Waals surface area (Å²) in [5.74, 6) is 4.28. The number of carboxylic acid groups (broad SMARTS) is 1. The van der Waals surface area contributed by atoms with Crippen molar-refractivity contribution >= 4 is 11.8 Å². The lowest BCUT2D eigenvalue weighted by Gasteiger charge is -2.59. The molecular formula is C30H48O3. The molecule has 0 aromatic heterocycles. The number of carboxylic acids is 1. The van der Waals surface area contributed by atoms with Crippen molar-refractivity contribution in [3.8, 4) is 0 Å². The average Bonchev–Trinajstić information content (AvgIpc) is 3.10. The van der Waals surface area contributed by atoms with Crippen LogP contribution in [0.1, 0.15) is 118 Å². The largest absolute Gasteiger partial charge is 0.481 e. The Morgan fingerprint density at radius 3 is 2.45 bits per heavy atom. The van der Waals surface area contributed by atoms with Crippen molar-refractivity contribution in [1.29, 1.82) is 0 Å². The van der Waals surface area contributed by atoms with Gasteiger partial charge in [-0.15, -0.1) is 0 Å².